The molecule has 2 aliphatic heterocycles. The van der Waals surface area contributed by atoms with Crippen LogP contribution in [0.5, 0.6) is 0 Å². The summed E-state index contributed by atoms with van der Waals surface area (Å²) in [7, 11) is 0. The number of likely N-dealkylation sites (tertiary alicyclic amines) is 1. The lowest BCUT2D eigenvalue weighted by Gasteiger charge is -2.39. The first-order chi connectivity index (χ1) is 12.7. The second-order valence-electron chi connectivity index (χ2n) is 7.23. The second kappa shape index (κ2) is 7.21. The number of carbonyl (C=O) groups is 2. The minimum absolute atomic E-state index is 0.00650. The van der Waals surface area contributed by atoms with Crippen molar-refractivity contribution < 1.29 is 9.59 Å². The smallest absolute Gasteiger partial charge is 0.256 e. The first-order valence-corrected chi connectivity index (χ1v) is 10.0. The SMILES string of the molecule is O=C(Nc1ccccc1C(=O)N1CCC2(CCNC2)CC1)c1ccsc1. The van der Waals surface area contributed by atoms with Gasteiger partial charge in [-0.3, -0.25) is 9.59 Å². The van der Waals surface area contributed by atoms with Crippen LogP contribution < -0.4 is 10.6 Å². The number of piperidine rings is 1. The summed E-state index contributed by atoms with van der Waals surface area (Å²) in [5.74, 6) is -0.173. The van der Waals surface area contributed by atoms with E-state index in [1.807, 2.05) is 22.4 Å². The number of hydrogen-bond acceptors (Lipinski definition) is 4. The third kappa shape index (κ3) is 3.39. The van der Waals surface area contributed by atoms with Crippen molar-refractivity contribution in [3.63, 3.8) is 0 Å². The van der Waals surface area contributed by atoms with Crippen LogP contribution in [0.15, 0.2) is 41.1 Å². The number of rotatable bonds is 3. The maximum absolute atomic E-state index is 13.1. The molecular formula is C20H23N3O2S. The van der Waals surface area contributed by atoms with Crippen LogP contribution in [-0.4, -0.2) is 42.9 Å². The summed E-state index contributed by atoms with van der Waals surface area (Å²) in [5.41, 5.74) is 2.14. The van der Waals surface area contributed by atoms with E-state index in [9.17, 15) is 9.59 Å². The Kier molecular flexibility index (Phi) is 4.78. The quantitative estimate of drug-likeness (QED) is 0.873. The highest BCUT2D eigenvalue weighted by Gasteiger charge is 2.38. The number of thiophene rings is 1. The highest BCUT2D eigenvalue weighted by Crippen LogP contribution is 2.37. The lowest BCUT2D eigenvalue weighted by Crippen LogP contribution is -2.44. The summed E-state index contributed by atoms with van der Waals surface area (Å²) in [6.45, 7) is 3.73. The summed E-state index contributed by atoms with van der Waals surface area (Å²) >= 11 is 1.48. The van der Waals surface area contributed by atoms with Crippen molar-refractivity contribution in [1.29, 1.82) is 0 Å². The number of hydrogen-bond donors (Lipinski definition) is 2. The zero-order valence-electron chi connectivity index (χ0n) is 14.7. The molecule has 0 saturated carbocycles. The van der Waals surface area contributed by atoms with Crippen LogP contribution in [-0.2, 0) is 0 Å². The van der Waals surface area contributed by atoms with Gasteiger partial charge >= 0.3 is 0 Å². The molecule has 5 nitrogen and oxygen atoms in total. The van der Waals surface area contributed by atoms with E-state index in [-0.39, 0.29) is 11.8 Å². The molecule has 1 aromatic carbocycles. The average Bonchev–Trinajstić information content (AvgIpc) is 3.35. The monoisotopic (exact) mass is 369 g/mol. The van der Waals surface area contributed by atoms with E-state index in [4.69, 9.17) is 0 Å². The lowest BCUT2D eigenvalue weighted by molar-refractivity contribution is 0.0608. The Balaban J connectivity index is 1.47. The fourth-order valence-corrected chi connectivity index (χ4v) is 4.58. The first kappa shape index (κ1) is 17.2. The van der Waals surface area contributed by atoms with E-state index in [2.05, 4.69) is 10.6 Å². The summed E-state index contributed by atoms with van der Waals surface area (Å²) in [6.07, 6.45) is 3.31. The number of nitrogens with zero attached hydrogens (tertiary/aromatic N) is 1. The normalized spacial score (nSPS) is 18.8. The van der Waals surface area contributed by atoms with Crippen LogP contribution in [0, 0.1) is 5.41 Å². The Hall–Kier alpha value is -2.18. The molecule has 2 N–H and O–H groups in total. The van der Waals surface area contributed by atoms with E-state index >= 15 is 0 Å². The minimum Gasteiger partial charge on any atom is -0.339 e. The van der Waals surface area contributed by atoms with Crippen molar-refractivity contribution in [3.8, 4) is 0 Å². The highest BCUT2D eigenvalue weighted by atomic mass is 32.1. The number of benzene rings is 1. The number of para-hydroxylation sites is 1. The number of amides is 2. The van der Waals surface area contributed by atoms with Gasteiger partial charge in [0.2, 0.25) is 0 Å². The van der Waals surface area contributed by atoms with Gasteiger partial charge in [-0.25, -0.2) is 0 Å². The van der Waals surface area contributed by atoms with Crippen LogP contribution in [0.4, 0.5) is 5.69 Å². The molecule has 1 spiro atoms. The van der Waals surface area contributed by atoms with Gasteiger partial charge in [0.25, 0.3) is 11.8 Å². The van der Waals surface area contributed by atoms with Crippen LogP contribution in [0.3, 0.4) is 0 Å². The van der Waals surface area contributed by atoms with Crippen molar-refractivity contribution in [3.05, 3.63) is 52.2 Å². The van der Waals surface area contributed by atoms with Crippen molar-refractivity contribution in [2.45, 2.75) is 19.3 Å². The second-order valence-corrected chi connectivity index (χ2v) is 8.01. The molecule has 3 heterocycles. The molecule has 2 fully saturated rings. The molecule has 2 aliphatic rings. The fourth-order valence-electron chi connectivity index (χ4n) is 3.94. The molecule has 0 unspecified atom stereocenters. The van der Waals surface area contributed by atoms with Crippen LogP contribution >= 0.6 is 11.3 Å². The summed E-state index contributed by atoms with van der Waals surface area (Å²) < 4.78 is 0. The maximum atomic E-state index is 13.1. The molecule has 0 bridgehead atoms. The van der Waals surface area contributed by atoms with Gasteiger partial charge in [0.15, 0.2) is 0 Å². The molecule has 4 rings (SSSR count). The van der Waals surface area contributed by atoms with Gasteiger partial charge in [0.05, 0.1) is 16.8 Å². The summed E-state index contributed by atoms with van der Waals surface area (Å²) in [4.78, 5) is 27.3. The molecule has 2 aromatic rings. The van der Waals surface area contributed by atoms with Crippen molar-refractivity contribution >= 4 is 28.8 Å². The topological polar surface area (TPSA) is 61.4 Å². The molecule has 0 aliphatic carbocycles. The Labute approximate surface area is 157 Å². The Morgan fingerprint density at radius 1 is 1.12 bits per heavy atom. The third-order valence-corrected chi connectivity index (χ3v) is 6.32. The van der Waals surface area contributed by atoms with Crippen LogP contribution in [0.2, 0.25) is 0 Å². The van der Waals surface area contributed by atoms with Crippen LogP contribution in [0.1, 0.15) is 40.0 Å². The van der Waals surface area contributed by atoms with Gasteiger partial charge in [-0.05, 0) is 54.8 Å². The van der Waals surface area contributed by atoms with Crippen LogP contribution in [0.25, 0.3) is 0 Å². The molecule has 0 radical (unpaired) electrons. The van der Waals surface area contributed by atoms with E-state index in [0.717, 1.165) is 39.0 Å². The predicted molar refractivity (Wildman–Crippen MR) is 104 cm³/mol. The van der Waals surface area contributed by atoms with Gasteiger partial charge < -0.3 is 15.5 Å². The Morgan fingerprint density at radius 2 is 1.92 bits per heavy atom. The molecule has 136 valence electrons. The van der Waals surface area contributed by atoms with Crippen molar-refractivity contribution in [1.82, 2.24) is 10.2 Å². The van der Waals surface area contributed by atoms with Gasteiger partial charge in [-0.15, -0.1) is 0 Å². The number of anilines is 1. The van der Waals surface area contributed by atoms with E-state index < -0.39 is 0 Å². The Bertz CT molecular complexity index is 787. The minimum atomic E-state index is -0.180. The molecule has 26 heavy (non-hydrogen) atoms. The maximum Gasteiger partial charge on any atom is 0.256 e. The zero-order valence-corrected chi connectivity index (χ0v) is 15.5. The summed E-state index contributed by atoms with van der Waals surface area (Å²) in [5, 5.41) is 10.0. The van der Waals surface area contributed by atoms with Gasteiger partial charge in [0.1, 0.15) is 0 Å². The van der Waals surface area contributed by atoms with Crippen molar-refractivity contribution in [2.75, 3.05) is 31.5 Å². The molecule has 2 saturated heterocycles. The highest BCUT2D eigenvalue weighted by molar-refractivity contribution is 7.08. The third-order valence-electron chi connectivity index (χ3n) is 5.63. The molecular weight excluding hydrogens is 346 g/mol. The van der Waals surface area contributed by atoms with Gasteiger partial charge in [0, 0.05) is 25.0 Å². The van der Waals surface area contributed by atoms with Gasteiger partial charge in [-0.2, -0.15) is 11.3 Å². The van der Waals surface area contributed by atoms with Crippen molar-refractivity contribution in [2.24, 2.45) is 5.41 Å². The van der Waals surface area contributed by atoms with E-state index in [1.54, 1.807) is 23.6 Å². The average molecular weight is 369 g/mol. The molecule has 2 amide bonds. The molecule has 1 aromatic heterocycles. The summed E-state index contributed by atoms with van der Waals surface area (Å²) in [6, 6.07) is 9.07. The Morgan fingerprint density at radius 3 is 2.62 bits per heavy atom. The molecule has 6 heteroatoms. The largest absolute Gasteiger partial charge is 0.339 e. The van der Waals surface area contributed by atoms with E-state index in [1.165, 1.54) is 17.8 Å². The standard InChI is InChI=1S/C20H23N3O2S/c24-18(15-5-12-26-13-15)22-17-4-2-1-3-16(17)19(25)23-10-7-20(8-11-23)6-9-21-14-20/h1-5,12-13,21H,6-11,14H2,(H,22,24). The zero-order chi connectivity index (χ0) is 18.0. The first-order valence-electron chi connectivity index (χ1n) is 9.10. The number of nitrogens with one attached hydrogen (secondary N) is 2. The predicted octanol–water partition coefficient (Wildman–Crippen LogP) is 3.22. The molecule has 0 atom stereocenters. The van der Waals surface area contributed by atoms with Gasteiger partial charge in [-0.1, -0.05) is 12.1 Å². The van der Waals surface area contributed by atoms with E-state index in [0.29, 0.717) is 22.2 Å². The fraction of sp³-hybridized carbons (Fsp3) is 0.400. The lowest BCUT2D eigenvalue weighted by atomic mass is 9.78. The number of carbonyl (C=O) groups excluding carboxylic acids is 2.